The quantitative estimate of drug-likeness (QED) is 0.605. The highest BCUT2D eigenvalue weighted by Gasteiger charge is 2.32. The molecule has 1 saturated heterocycles. The van der Waals surface area contributed by atoms with Gasteiger partial charge in [0.1, 0.15) is 6.04 Å². The highest BCUT2D eigenvalue weighted by Crippen LogP contribution is 2.11. The first kappa shape index (κ1) is 13.6. The molecule has 1 atom stereocenters. The normalized spacial score (nSPS) is 21.5. The van der Waals surface area contributed by atoms with E-state index < -0.39 is 0 Å². The van der Waals surface area contributed by atoms with Crippen molar-refractivity contribution in [2.45, 2.75) is 6.04 Å². The van der Waals surface area contributed by atoms with Gasteiger partial charge in [-0.3, -0.25) is 14.6 Å². The van der Waals surface area contributed by atoms with Gasteiger partial charge in [-0.2, -0.15) is 0 Å². The van der Waals surface area contributed by atoms with Crippen molar-refractivity contribution < 1.29 is 4.79 Å². The number of rotatable bonds is 3. The van der Waals surface area contributed by atoms with Crippen LogP contribution in [-0.2, 0) is 4.79 Å². The van der Waals surface area contributed by atoms with Crippen LogP contribution in [0, 0.1) is 24.7 Å². The van der Waals surface area contributed by atoms with Gasteiger partial charge >= 0.3 is 0 Å². The molecule has 0 aliphatic carbocycles. The van der Waals surface area contributed by atoms with Crippen LogP contribution in [-0.4, -0.2) is 73.5 Å². The van der Waals surface area contributed by atoms with Gasteiger partial charge in [0.25, 0.3) is 0 Å². The molecule has 0 saturated carbocycles. The minimum absolute atomic E-state index is 0.0852. The third-order valence-electron chi connectivity index (χ3n) is 2.91. The predicted octanol–water partition coefficient (Wildman–Crippen LogP) is -0.673. The molecule has 1 aliphatic rings. The number of nitrogens with zero attached hydrogens (tertiary/aromatic N) is 3. The summed E-state index contributed by atoms with van der Waals surface area (Å²) >= 11 is 0. The minimum Gasteiger partial charge on any atom is -0.347 e. The van der Waals surface area contributed by atoms with Crippen molar-refractivity contribution in [3.05, 3.63) is 0 Å². The second-order valence-corrected chi connectivity index (χ2v) is 4.36. The molecule has 0 spiro atoms. The van der Waals surface area contributed by atoms with Crippen LogP contribution < -0.4 is 0 Å². The van der Waals surface area contributed by atoms with Crippen LogP contribution in [0.4, 0.5) is 0 Å². The Morgan fingerprint density at radius 1 is 1.29 bits per heavy atom. The zero-order valence-corrected chi connectivity index (χ0v) is 10.5. The minimum atomic E-state index is -0.178. The van der Waals surface area contributed by atoms with Crippen molar-refractivity contribution >= 4 is 5.91 Å². The fourth-order valence-electron chi connectivity index (χ4n) is 1.99. The van der Waals surface area contributed by atoms with Crippen molar-refractivity contribution in [2.24, 2.45) is 0 Å². The van der Waals surface area contributed by atoms with E-state index in [-0.39, 0.29) is 11.9 Å². The monoisotopic (exact) mass is 233 g/mol. The van der Waals surface area contributed by atoms with Crippen LogP contribution in [0.5, 0.6) is 0 Å². The molecule has 4 nitrogen and oxygen atoms in total. The lowest BCUT2D eigenvalue weighted by molar-refractivity contribution is -0.136. The van der Waals surface area contributed by atoms with Gasteiger partial charge in [-0.25, -0.2) is 0 Å². The summed E-state index contributed by atoms with van der Waals surface area (Å²) in [4.78, 5) is 17.8. The van der Waals surface area contributed by atoms with Gasteiger partial charge in [-0.15, -0.1) is 12.8 Å². The lowest BCUT2D eigenvalue weighted by atomic mass is 10.1. The van der Waals surface area contributed by atoms with Crippen LogP contribution in [0.3, 0.4) is 0 Å². The number of terminal acetylenes is 2. The van der Waals surface area contributed by atoms with Crippen LogP contribution in [0.1, 0.15) is 0 Å². The summed E-state index contributed by atoms with van der Waals surface area (Å²) in [5.74, 6) is 5.30. The Kier molecular flexibility index (Phi) is 5.03. The molecule has 1 heterocycles. The number of hydrogen-bond acceptors (Lipinski definition) is 3. The number of piperazine rings is 1. The molecule has 0 aromatic rings. The van der Waals surface area contributed by atoms with Crippen LogP contribution >= 0.6 is 0 Å². The summed E-state index contributed by atoms with van der Waals surface area (Å²) in [6.07, 6.45) is 10.6. The lowest BCUT2D eigenvalue weighted by Gasteiger charge is -2.39. The Bertz CT molecular complexity index is 351. The summed E-state index contributed by atoms with van der Waals surface area (Å²) in [6, 6.07) is -0.178. The van der Waals surface area contributed by atoms with E-state index in [1.54, 1.807) is 19.0 Å². The lowest BCUT2D eigenvalue weighted by Crippen LogP contribution is -2.58. The Hall–Kier alpha value is -1.49. The maximum Gasteiger partial charge on any atom is 0.240 e. The van der Waals surface area contributed by atoms with Gasteiger partial charge in [0.15, 0.2) is 0 Å². The average molecular weight is 233 g/mol. The molecule has 0 radical (unpaired) electrons. The number of carbonyl (C=O) groups is 1. The molecule has 4 heteroatoms. The summed E-state index contributed by atoms with van der Waals surface area (Å²) in [5, 5.41) is 0. The number of carbonyl (C=O) groups excluding carboxylic acids is 1. The zero-order chi connectivity index (χ0) is 12.8. The van der Waals surface area contributed by atoms with Gasteiger partial charge in [-0.05, 0) is 0 Å². The van der Waals surface area contributed by atoms with E-state index in [0.717, 1.165) is 13.1 Å². The van der Waals surface area contributed by atoms with E-state index in [4.69, 9.17) is 12.8 Å². The molecule has 0 N–H and O–H groups in total. The zero-order valence-electron chi connectivity index (χ0n) is 10.5. The Morgan fingerprint density at radius 3 is 2.47 bits per heavy atom. The first-order chi connectivity index (χ1) is 8.10. The van der Waals surface area contributed by atoms with E-state index >= 15 is 0 Å². The Labute approximate surface area is 104 Å². The Balaban J connectivity index is 2.73. The van der Waals surface area contributed by atoms with E-state index in [9.17, 15) is 4.79 Å². The molecular weight excluding hydrogens is 214 g/mol. The third-order valence-corrected chi connectivity index (χ3v) is 2.91. The summed E-state index contributed by atoms with van der Waals surface area (Å²) in [5.41, 5.74) is 0. The average Bonchev–Trinajstić information content (AvgIpc) is 2.30. The molecule has 17 heavy (non-hydrogen) atoms. The summed E-state index contributed by atoms with van der Waals surface area (Å²) in [7, 11) is 3.52. The van der Waals surface area contributed by atoms with Gasteiger partial charge in [0.05, 0.1) is 13.1 Å². The molecular formula is C13H19N3O. The second-order valence-electron chi connectivity index (χ2n) is 4.36. The predicted molar refractivity (Wildman–Crippen MR) is 68.2 cm³/mol. The molecule has 1 fully saturated rings. The molecule has 92 valence electrons. The third kappa shape index (κ3) is 3.49. The largest absolute Gasteiger partial charge is 0.347 e. The molecule has 0 unspecified atom stereocenters. The molecule has 0 aromatic carbocycles. The SMILES string of the molecule is C#CCN1CCN(CC#C)[C@H](C(=O)N(C)C)C1. The van der Waals surface area contributed by atoms with E-state index in [1.165, 1.54) is 0 Å². The van der Waals surface area contributed by atoms with E-state index in [0.29, 0.717) is 19.6 Å². The van der Waals surface area contributed by atoms with Crippen molar-refractivity contribution in [3.63, 3.8) is 0 Å². The Morgan fingerprint density at radius 2 is 1.94 bits per heavy atom. The highest BCUT2D eigenvalue weighted by atomic mass is 16.2. The first-order valence-corrected chi connectivity index (χ1v) is 5.64. The highest BCUT2D eigenvalue weighted by molar-refractivity contribution is 5.81. The maximum atomic E-state index is 12.1. The number of amides is 1. The standard InChI is InChI=1S/C13H19N3O/c1-5-7-15-9-10-16(8-6-2)12(11-15)13(17)14(3)4/h1-2,12H,7-11H2,3-4H3/t12-/m0/s1. The van der Waals surface area contributed by atoms with E-state index in [2.05, 4.69) is 16.7 Å². The molecule has 0 bridgehead atoms. The second kappa shape index (κ2) is 6.30. The summed E-state index contributed by atoms with van der Waals surface area (Å²) in [6.45, 7) is 3.40. The maximum absolute atomic E-state index is 12.1. The van der Waals surface area contributed by atoms with E-state index in [1.807, 2.05) is 4.90 Å². The fourth-order valence-corrected chi connectivity index (χ4v) is 1.99. The fraction of sp³-hybridized carbons (Fsp3) is 0.615. The summed E-state index contributed by atoms with van der Waals surface area (Å²) < 4.78 is 0. The van der Waals surface area contributed by atoms with Crippen molar-refractivity contribution in [2.75, 3.05) is 46.8 Å². The molecule has 1 rings (SSSR count). The van der Waals surface area contributed by atoms with Gasteiger partial charge in [-0.1, -0.05) is 11.8 Å². The number of likely N-dealkylation sites (N-methyl/N-ethyl adjacent to an activating group) is 1. The smallest absolute Gasteiger partial charge is 0.240 e. The van der Waals surface area contributed by atoms with Crippen molar-refractivity contribution in [1.29, 1.82) is 0 Å². The van der Waals surface area contributed by atoms with Crippen molar-refractivity contribution in [1.82, 2.24) is 14.7 Å². The molecule has 1 amide bonds. The van der Waals surface area contributed by atoms with Gasteiger partial charge < -0.3 is 4.90 Å². The first-order valence-electron chi connectivity index (χ1n) is 5.64. The van der Waals surface area contributed by atoms with Crippen molar-refractivity contribution in [3.8, 4) is 24.7 Å². The van der Waals surface area contributed by atoms with Crippen LogP contribution in [0.15, 0.2) is 0 Å². The number of hydrogen-bond donors (Lipinski definition) is 0. The molecule has 1 aliphatic heterocycles. The van der Waals surface area contributed by atoms with Gasteiger partial charge in [0.2, 0.25) is 5.91 Å². The van der Waals surface area contributed by atoms with Crippen LogP contribution in [0.2, 0.25) is 0 Å². The topological polar surface area (TPSA) is 26.8 Å². The van der Waals surface area contributed by atoms with Crippen LogP contribution in [0.25, 0.3) is 0 Å². The van der Waals surface area contributed by atoms with Gasteiger partial charge in [0, 0.05) is 33.7 Å². The molecule has 0 aromatic heterocycles.